The van der Waals surface area contributed by atoms with E-state index >= 15 is 0 Å². The third kappa shape index (κ3) is 34.0. The number of esters is 4. The van der Waals surface area contributed by atoms with Gasteiger partial charge in [-0.05, 0) is 127 Å². The molecule has 0 heterocycles. The van der Waals surface area contributed by atoms with Crippen LogP contribution in [0.4, 0.5) is 0 Å². The summed E-state index contributed by atoms with van der Waals surface area (Å²) in [5.74, 6) is -10.7. The fraction of sp³-hybridized carbons (Fsp3) is 0.779. The van der Waals surface area contributed by atoms with E-state index in [1.165, 1.54) is 49.8 Å². The van der Waals surface area contributed by atoms with Gasteiger partial charge in [-0.3, -0.25) is 52.7 Å². The van der Waals surface area contributed by atoms with E-state index in [4.69, 9.17) is 24.7 Å². The quantitative estimate of drug-likeness (QED) is 0.0250. The predicted molar refractivity (Wildman–Crippen MR) is 393 cm³/mol. The minimum Gasteiger partial charge on any atom is -0.467 e. The van der Waals surface area contributed by atoms with Gasteiger partial charge < -0.3 is 55.3 Å². The van der Waals surface area contributed by atoms with Crippen molar-refractivity contribution in [3.05, 3.63) is 24.3 Å². The summed E-state index contributed by atoms with van der Waals surface area (Å²) in [6, 6.07) is -5.81. The Bertz CT molecular complexity index is 2710. The van der Waals surface area contributed by atoms with Crippen LogP contribution in [0.15, 0.2) is 24.3 Å². The molecule has 0 rings (SSSR count). The average Bonchev–Trinajstić information content (AvgIpc) is 0.824. The minimum atomic E-state index is -1.20. The topological polar surface area (TPSA) is 331 Å². The highest BCUT2D eigenvalue weighted by Gasteiger charge is 2.45. The molecule has 0 aromatic rings. The normalized spacial score (nSPS) is 16.2. The molecule has 0 saturated heterocycles. The van der Waals surface area contributed by atoms with Gasteiger partial charge in [0.25, 0.3) is 0 Å². The second-order valence-electron chi connectivity index (χ2n) is 29.9. The van der Waals surface area contributed by atoms with Crippen molar-refractivity contribution in [3.63, 3.8) is 0 Å². The van der Waals surface area contributed by atoms with Crippen LogP contribution in [0, 0.1) is 71.0 Å². The maximum absolute atomic E-state index is 14.4. The Balaban J connectivity index is 0. The summed E-state index contributed by atoms with van der Waals surface area (Å²) in [6.45, 7) is 37.9. The molecule has 0 spiro atoms. The molecule has 0 aromatic heterocycles. The second-order valence-corrected chi connectivity index (χ2v) is 29.9. The lowest BCUT2D eigenvalue weighted by Gasteiger charge is -2.36. The highest BCUT2D eigenvalue weighted by Crippen LogP contribution is 2.32. The molecule has 0 unspecified atom stereocenters. The molecule has 0 bridgehead atoms. The van der Waals surface area contributed by atoms with E-state index in [0.717, 1.165) is 0 Å². The van der Waals surface area contributed by atoms with E-state index in [1.807, 2.05) is 121 Å². The lowest BCUT2D eigenvalue weighted by molar-refractivity contribution is -0.159. The van der Waals surface area contributed by atoms with Gasteiger partial charge in [0.15, 0.2) is 23.1 Å². The molecule has 0 aliphatic rings. The first-order chi connectivity index (χ1) is 46.9. The molecule has 101 heavy (non-hydrogen) atoms. The van der Waals surface area contributed by atoms with Crippen LogP contribution in [0.25, 0.3) is 0 Å². The molecule has 15 atom stereocenters. The van der Waals surface area contributed by atoms with Gasteiger partial charge in [-0.15, -0.1) is 0 Å². The van der Waals surface area contributed by atoms with Crippen LogP contribution in [0.1, 0.15) is 222 Å². The number of allylic oxidation sites excluding steroid dienone is 4. The number of ketones is 4. The number of nitrogens with one attached hydrogen (secondary N) is 3. The Morgan fingerprint density at radius 3 is 1.05 bits per heavy atom. The van der Waals surface area contributed by atoms with Crippen molar-refractivity contribution in [1.82, 2.24) is 30.7 Å². The summed E-state index contributed by atoms with van der Waals surface area (Å²) in [7, 11) is 8.83. The van der Waals surface area contributed by atoms with Crippen molar-refractivity contribution < 1.29 is 81.3 Å². The van der Waals surface area contributed by atoms with Crippen molar-refractivity contribution >= 4 is 76.5 Å². The first-order valence-electron chi connectivity index (χ1n) is 36.6. The van der Waals surface area contributed by atoms with Crippen molar-refractivity contribution in [2.75, 3.05) is 42.4 Å². The summed E-state index contributed by atoms with van der Waals surface area (Å²) >= 11 is 0. The van der Waals surface area contributed by atoms with Gasteiger partial charge in [-0.1, -0.05) is 135 Å². The third-order valence-electron chi connectivity index (χ3n) is 18.2. The fourth-order valence-corrected chi connectivity index (χ4v) is 13.1. The SMILES string of the molecule is C/C=C/C[C@@H](C)[C@@H](OC(C)=O)[C@H](CC(=O)[C@H](C(C)C)N(C)C(=O)[C@@H](CC(=O)[C@H](CC(C)C)N(C)C(=O)[C@@H](C)N)CC(C)C)C(=O)N[C@@H](CC)C(=O)OC.C/C=C/C[C@@H](C)[C@@H](OC(C)=O)[C@H](CC(=O)[C@H](C(C)C)N(C)C(=O)[C@@H](CC(=O)[C@H](CC(C)C)NC)CC(C)C)C(=O)N[C@@H](CC)C(=O)OC. The summed E-state index contributed by atoms with van der Waals surface area (Å²) in [6.07, 6.45) is 7.87. The largest absolute Gasteiger partial charge is 0.467 e. The fourth-order valence-electron chi connectivity index (χ4n) is 13.1. The number of carbonyl (C=O) groups excluding carboxylic acids is 13. The molecule has 5 amide bonds. The number of carbonyl (C=O) groups is 13. The Hall–Kier alpha value is -6.69. The molecule has 0 fully saturated rings. The smallest absolute Gasteiger partial charge is 0.328 e. The summed E-state index contributed by atoms with van der Waals surface area (Å²) in [4.78, 5) is 179. The molecule has 5 N–H and O–H groups in total. The molecule has 24 nitrogen and oxygen atoms in total. The molecule has 0 aliphatic carbocycles. The maximum Gasteiger partial charge on any atom is 0.328 e. The van der Waals surface area contributed by atoms with Crippen LogP contribution >= 0.6 is 0 Å². The van der Waals surface area contributed by atoms with Gasteiger partial charge >= 0.3 is 23.9 Å². The van der Waals surface area contributed by atoms with Crippen LogP contribution in [0.3, 0.4) is 0 Å². The van der Waals surface area contributed by atoms with Crippen molar-refractivity contribution in [2.45, 2.75) is 277 Å². The Kier molecular flexibility index (Phi) is 46.8. The number of nitrogens with two attached hydrogens (primary N) is 1. The number of rotatable bonds is 47. The standard InChI is InChI=1S/C40H70N4O9.C37H65N3O8/c1-15-17-18-26(9)36(53-28(11)45)30(37(48)42-31(16-2)40(51)52-14)22-34(47)35(25(7)8)44(13)39(50)29(19-23(3)4)21-33(46)32(20-24(5)6)43(12)38(49)27(10)41;1-14-16-17-25(9)34(48-26(10)41)28(35(44)39-29(15-2)37(46)47-13)21-32(43)33(24(7)8)40(12)36(45)27(18-22(3)4)20-31(42)30(38-11)19-23(5)6/h15,17,23-27,29-32,35-36H,16,18-22,41H2,1-14H3,(H,42,48);14,16,22-25,27-30,33-34,38H,15,17-21H2,1-13H3,(H,39,44)/b17-15+;16-14+/t26-,27-,29-,30+,31+,32+,35+,36-;25-,27-,28+,29+,30+,33+,34-/m11/s1. The van der Waals surface area contributed by atoms with Gasteiger partial charge in [-0.2, -0.15) is 0 Å². The highest BCUT2D eigenvalue weighted by molar-refractivity contribution is 5.98. The Morgan fingerprint density at radius 1 is 0.446 bits per heavy atom. The van der Waals surface area contributed by atoms with E-state index in [-0.39, 0.29) is 109 Å². The molecule has 580 valence electrons. The van der Waals surface area contributed by atoms with E-state index in [1.54, 1.807) is 55.8 Å². The summed E-state index contributed by atoms with van der Waals surface area (Å²) < 4.78 is 21.1. The minimum absolute atomic E-state index is 0.0304. The lowest BCUT2D eigenvalue weighted by atomic mass is 9.82. The first kappa shape index (κ1) is 96.4. The summed E-state index contributed by atoms with van der Waals surface area (Å²) in [5, 5.41) is 8.48. The molecule has 0 radical (unpaired) electrons. The van der Waals surface area contributed by atoms with Crippen molar-refractivity contribution in [1.29, 1.82) is 0 Å². The van der Waals surface area contributed by atoms with E-state index in [9.17, 15) is 62.3 Å². The molecule has 24 heteroatoms. The van der Waals surface area contributed by atoms with E-state index in [0.29, 0.717) is 38.5 Å². The lowest BCUT2D eigenvalue weighted by Crippen LogP contribution is -2.53. The first-order valence-corrected chi connectivity index (χ1v) is 36.6. The highest BCUT2D eigenvalue weighted by atomic mass is 16.6. The molecule has 0 saturated carbocycles. The Morgan fingerprint density at radius 2 is 0.782 bits per heavy atom. The van der Waals surface area contributed by atoms with Crippen molar-refractivity contribution in [2.24, 2.45) is 76.7 Å². The van der Waals surface area contributed by atoms with Gasteiger partial charge in [-0.25, -0.2) is 9.59 Å². The van der Waals surface area contributed by atoms with Crippen LogP contribution in [-0.4, -0.2) is 188 Å². The number of hydrogen-bond acceptors (Lipinski definition) is 19. The average molecular weight is 1430 g/mol. The van der Waals surface area contributed by atoms with Crippen LogP contribution < -0.4 is 21.7 Å². The van der Waals surface area contributed by atoms with Gasteiger partial charge in [0.2, 0.25) is 29.5 Å². The maximum atomic E-state index is 14.4. The number of likely N-dealkylation sites (N-methyl/N-ethyl adjacent to an activating group) is 4. The van der Waals surface area contributed by atoms with Gasteiger partial charge in [0, 0.05) is 72.5 Å². The third-order valence-corrected chi connectivity index (χ3v) is 18.2. The van der Waals surface area contributed by atoms with Gasteiger partial charge in [0.05, 0.1) is 56.3 Å². The molecule has 0 aromatic carbocycles. The monoisotopic (exact) mass is 1430 g/mol. The van der Waals surface area contributed by atoms with E-state index < -0.39 is 132 Å². The summed E-state index contributed by atoms with van der Waals surface area (Å²) in [5.41, 5.74) is 5.87. The van der Waals surface area contributed by atoms with Crippen LogP contribution in [-0.2, 0) is 81.3 Å². The number of ether oxygens (including phenoxy) is 4. The molecular weight excluding hydrogens is 1290 g/mol. The van der Waals surface area contributed by atoms with Crippen molar-refractivity contribution in [3.8, 4) is 0 Å². The van der Waals surface area contributed by atoms with Crippen LogP contribution in [0.2, 0.25) is 0 Å². The van der Waals surface area contributed by atoms with E-state index in [2.05, 4.69) is 16.0 Å². The van der Waals surface area contributed by atoms with Gasteiger partial charge in [0.1, 0.15) is 24.3 Å². The molecular formula is C77H135N7O17. The zero-order chi connectivity index (χ0) is 78.6. The number of methoxy groups -OCH3 is 2. The molecule has 0 aliphatic heterocycles. The Labute approximate surface area is 606 Å². The number of nitrogens with zero attached hydrogens (tertiary/aromatic N) is 3. The predicted octanol–water partition coefficient (Wildman–Crippen LogP) is 9.39. The zero-order valence-electron chi connectivity index (χ0n) is 66.8. The number of hydrogen-bond donors (Lipinski definition) is 4. The zero-order valence-corrected chi connectivity index (χ0v) is 66.8. The second kappa shape index (κ2) is 49.1. The van der Waals surface area contributed by atoms with Crippen LogP contribution in [0.5, 0.6) is 0 Å². The number of amides is 5. The number of Topliss-reactive ketones (excluding diaryl/α,β-unsaturated/α-hetero) is 4.